The van der Waals surface area contributed by atoms with Crippen molar-refractivity contribution in [3.63, 3.8) is 0 Å². The van der Waals surface area contributed by atoms with Crippen LogP contribution in [0.25, 0.3) is 0 Å². The van der Waals surface area contributed by atoms with E-state index in [9.17, 15) is 0 Å². The van der Waals surface area contributed by atoms with E-state index in [-0.39, 0.29) is 0 Å². The minimum atomic E-state index is 1.15. The molecule has 1 aliphatic heterocycles. The van der Waals surface area contributed by atoms with E-state index < -0.39 is 0 Å². The summed E-state index contributed by atoms with van der Waals surface area (Å²) in [7, 11) is 0. The van der Waals surface area contributed by atoms with Gasteiger partial charge in [0.1, 0.15) is 0 Å². The van der Waals surface area contributed by atoms with Gasteiger partial charge in [0.25, 0.3) is 0 Å². The molecule has 2 nitrogen and oxygen atoms in total. The van der Waals surface area contributed by atoms with Crippen LogP contribution in [-0.4, -0.2) is 37.6 Å². The molecule has 88 valence electrons. The molecule has 16 heavy (non-hydrogen) atoms. The molecule has 0 radical (unpaired) electrons. The van der Waals surface area contributed by atoms with Crippen molar-refractivity contribution in [1.29, 1.82) is 0 Å². The third kappa shape index (κ3) is 2.58. The molecule has 1 heterocycles. The third-order valence-electron chi connectivity index (χ3n) is 3.32. The number of hydrogen-bond donors (Lipinski definition) is 0. The van der Waals surface area contributed by atoms with Gasteiger partial charge in [-0.3, -0.25) is 0 Å². The molecule has 0 bridgehead atoms. The molecule has 1 fully saturated rings. The predicted octanol–water partition coefficient (Wildman–Crippen LogP) is 2.90. The van der Waals surface area contributed by atoms with E-state index in [1.54, 1.807) is 0 Å². The second kappa shape index (κ2) is 5.19. The number of aryl methyl sites for hydroxylation is 1. The van der Waals surface area contributed by atoms with Crippen LogP contribution in [0.5, 0.6) is 0 Å². The molecule has 1 aromatic rings. The zero-order chi connectivity index (χ0) is 11.5. The predicted molar refractivity (Wildman–Crippen MR) is 73.2 cm³/mol. The van der Waals surface area contributed by atoms with Gasteiger partial charge in [-0.05, 0) is 37.2 Å². The van der Waals surface area contributed by atoms with Crippen LogP contribution in [0.1, 0.15) is 12.5 Å². The molecule has 1 saturated heterocycles. The Labute approximate surface area is 106 Å². The van der Waals surface area contributed by atoms with Gasteiger partial charge in [-0.2, -0.15) is 0 Å². The SMILES string of the molecule is CCN1CCN(c2ccc(Br)cc2C)CC1. The topological polar surface area (TPSA) is 6.48 Å². The van der Waals surface area contributed by atoms with Gasteiger partial charge in [0.2, 0.25) is 0 Å². The van der Waals surface area contributed by atoms with E-state index >= 15 is 0 Å². The first-order valence-corrected chi connectivity index (χ1v) is 6.73. The molecule has 0 spiro atoms. The first kappa shape index (κ1) is 11.9. The van der Waals surface area contributed by atoms with E-state index in [1.807, 2.05) is 0 Å². The van der Waals surface area contributed by atoms with Crippen LogP contribution in [0.2, 0.25) is 0 Å². The van der Waals surface area contributed by atoms with E-state index in [0.29, 0.717) is 0 Å². The standard InChI is InChI=1S/C13H19BrN2/c1-3-15-6-8-16(9-7-15)13-5-4-12(14)10-11(13)2/h4-5,10H,3,6-9H2,1-2H3. The van der Waals surface area contributed by atoms with Crippen molar-refractivity contribution in [3.05, 3.63) is 28.2 Å². The van der Waals surface area contributed by atoms with Crippen molar-refractivity contribution in [2.45, 2.75) is 13.8 Å². The highest BCUT2D eigenvalue weighted by molar-refractivity contribution is 9.10. The molecule has 0 saturated carbocycles. The summed E-state index contributed by atoms with van der Waals surface area (Å²) in [4.78, 5) is 5.00. The van der Waals surface area contributed by atoms with E-state index in [4.69, 9.17) is 0 Å². The minimum absolute atomic E-state index is 1.15. The Balaban J connectivity index is 2.08. The molecule has 2 rings (SSSR count). The molecule has 1 aliphatic rings. The molecular formula is C13H19BrN2. The van der Waals surface area contributed by atoms with Gasteiger partial charge < -0.3 is 9.80 Å². The van der Waals surface area contributed by atoms with Crippen molar-refractivity contribution in [2.75, 3.05) is 37.6 Å². The van der Waals surface area contributed by atoms with Crippen LogP contribution in [0.4, 0.5) is 5.69 Å². The van der Waals surface area contributed by atoms with Gasteiger partial charge in [0, 0.05) is 36.3 Å². The summed E-state index contributed by atoms with van der Waals surface area (Å²) in [6.45, 7) is 10.3. The normalized spacial score (nSPS) is 17.8. The molecule has 0 aromatic heterocycles. The molecule has 0 N–H and O–H groups in total. The second-order valence-corrected chi connectivity index (χ2v) is 5.27. The molecule has 0 unspecified atom stereocenters. The first-order valence-electron chi connectivity index (χ1n) is 5.94. The first-order chi connectivity index (χ1) is 7.70. The zero-order valence-electron chi connectivity index (χ0n) is 10.0. The lowest BCUT2D eigenvalue weighted by molar-refractivity contribution is 0.271. The number of benzene rings is 1. The molecule has 3 heteroatoms. The largest absolute Gasteiger partial charge is 0.369 e. The highest BCUT2D eigenvalue weighted by atomic mass is 79.9. The number of hydrogen-bond acceptors (Lipinski definition) is 2. The quantitative estimate of drug-likeness (QED) is 0.823. The average Bonchev–Trinajstić information content (AvgIpc) is 2.29. The Bertz CT molecular complexity index is 357. The maximum atomic E-state index is 3.51. The van der Waals surface area contributed by atoms with Crippen molar-refractivity contribution < 1.29 is 0 Å². The number of piperazine rings is 1. The van der Waals surface area contributed by atoms with Crippen molar-refractivity contribution in [1.82, 2.24) is 4.90 Å². The lowest BCUT2D eigenvalue weighted by atomic mass is 10.1. The monoisotopic (exact) mass is 282 g/mol. The minimum Gasteiger partial charge on any atom is -0.369 e. The molecule has 1 aromatic carbocycles. The zero-order valence-corrected chi connectivity index (χ0v) is 11.6. The fraction of sp³-hybridized carbons (Fsp3) is 0.538. The van der Waals surface area contributed by atoms with Crippen LogP contribution in [-0.2, 0) is 0 Å². The Hall–Kier alpha value is -0.540. The van der Waals surface area contributed by atoms with Crippen LogP contribution in [0.15, 0.2) is 22.7 Å². The van der Waals surface area contributed by atoms with Crippen LogP contribution >= 0.6 is 15.9 Å². The van der Waals surface area contributed by atoms with E-state index in [0.717, 1.165) is 13.1 Å². The summed E-state index contributed by atoms with van der Waals surface area (Å²) >= 11 is 3.51. The van der Waals surface area contributed by atoms with Gasteiger partial charge in [0.05, 0.1) is 0 Å². The smallest absolute Gasteiger partial charge is 0.0397 e. The molecule has 0 amide bonds. The van der Waals surface area contributed by atoms with Gasteiger partial charge in [0.15, 0.2) is 0 Å². The van der Waals surface area contributed by atoms with Gasteiger partial charge in [-0.15, -0.1) is 0 Å². The maximum absolute atomic E-state index is 3.51. The highest BCUT2D eigenvalue weighted by Crippen LogP contribution is 2.24. The van der Waals surface area contributed by atoms with Crippen molar-refractivity contribution in [2.24, 2.45) is 0 Å². The number of likely N-dealkylation sites (N-methyl/N-ethyl adjacent to an activating group) is 1. The summed E-state index contributed by atoms with van der Waals surface area (Å²) in [5.41, 5.74) is 2.75. The highest BCUT2D eigenvalue weighted by Gasteiger charge is 2.16. The number of halogens is 1. The molecular weight excluding hydrogens is 264 g/mol. The van der Waals surface area contributed by atoms with Crippen molar-refractivity contribution in [3.8, 4) is 0 Å². The van der Waals surface area contributed by atoms with E-state index in [2.05, 4.69) is 57.8 Å². The fourth-order valence-corrected chi connectivity index (χ4v) is 2.75. The van der Waals surface area contributed by atoms with Crippen LogP contribution < -0.4 is 4.90 Å². The number of rotatable bonds is 2. The summed E-state index contributed by atoms with van der Waals surface area (Å²) in [5.74, 6) is 0. The maximum Gasteiger partial charge on any atom is 0.0397 e. The fourth-order valence-electron chi connectivity index (χ4n) is 2.28. The Morgan fingerprint density at radius 3 is 2.44 bits per heavy atom. The average molecular weight is 283 g/mol. The van der Waals surface area contributed by atoms with Gasteiger partial charge in [-0.25, -0.2) is 0 Å². The molecule has 0 aliphatic carbocycles. The summed E-state index contributed by atoms with van der Waals surface area (Å²) < 4.78 is 1.17. The van der Waals surface area contributed by atoms with Crippen molar-refractivity contribution >= 4 is 21.6 Å². The molecule has 0 atom stereocenters. The summed E-state index contributed by atoms with van der Waals surface area (Å²) in [5, 5.41) is 0. The summed E-state index contributed by atoms with van der Waals surface area (Å²) in [6, 6.07) is 6.55. The lowest BCUT2D eigenvalue weighted by Crippen LogP contribution is -2.46. The van der Waals surface area contributed by atoms with Crippen LogP contribution in [0.3, 0.4) is 0 Å². The van der Waals surface area contributed by atoms with Gasteiger partial charge in [-0.1, -0.05) is 22.9 Å². The van der Waals surface area contributed by atoms with Crippen LogP contribution in [0, 0.1) is 6.92 Å². The lowest BCUT2D eigenvalue weighted by Gasteiger charge is -2.36. The van der Waals surface area contributed by atoms with E-state index in [1.165, 1.54) is 35.4 Å². The Morgan fingerprint density at radius 2 is 1.88 bits per heavy atom. The Kier molecular flexibility index (Phi) is 3.87. The number of anilines is 1. The second-order valence-electron chi connectivity index (χ2n) is 4.35. The Morgan fingerprint density at radius 1 is 1.19 bits per heavy atom. The van der Waals surface area contributed by atoms with Gasteiger partial charge >= 0.3 is 0 Å². The number of nitrogens with zero attached hydrogens (tertiary/aromatic N) is 2. The summed E-state index contributed by atoms with van der Waals surface area (Å²) in [6.07, 6.45) is 0. The third-order valence-corrected chi connectivity index (χ3v) is 3.81.